The van der Waals surface area contributed by atoms with Gasteiger partial charge >= 0.3 is 12.1 Å². The first kappa shape index (κ1) is 21.6. The zero-order valence-corrected chi connectivity index (χ0v) is 14.5. The van der Waals surface area contributed by atoms with Crippen molar-refractivity contribution in [1.82, 2.24) is 16.0 Å². The molecule has 1 atom stereocenters. The molecule has 0 bridgehead atoms. The normalized spacial score (nSPS) is 11.0. The summed E-state index contributed by atoms with van der Waals surface area (Å²) >= 11 is 0. The minimum atomic E-state index is -1.66. The minimum Gasteiger partial charge on any atom is -0.478 e. The van der Waals surface area contributed by atoms with Crippen molar-refractivity contribution < 1.29 is 33.8 Å². The van der Waals surface area contributed by atoms with Gasteiger partial charge in [-0.3, -0.25) is 14.9 Å². The van der Waals surface area contributed by atoms with Gasteiger partial charge in [-0.25, -0.2) is 9.59 Å². The number of aliphatic carboxylic acids is 1. The van der Waals surface area contributed by atoms with Gasteiger partial charge < -0.3 is 25.3 Å². The molecule has 0 saturated carbocycles. The Morgan fingerprint density at radius 1 is 1.04 bits per heavy atom. The third-order valence-corrected chi connectivity index (χ3v) is 3.22. The van der Waals surface area contributed by atoms with E-state index in [0.29, 0.717) is 6.29 Å². The van der Waals surface area contributed by atoms with Crippen LogP contribution in [-0.4, -0.2) is 48.0 Å². The van der Waals surface area contributed by atoms with Crippen molar-refractivity contribution in [3.63, 3.8) is 0 Å². The van der Waals surface area contributed by atoms with E-state index in [1.165, 1.54) is 0 Å². The van der Waals surface area contributed by atoms with E-state index < -0.39 is 30.0 Å². The molecular formula is C17H21N3O7. The number of carboxylic acids is 1. The summed E-state index contributed by atoms with van der Waals surface area (Å²) in [5, 5.41) is 15.6. The Morgan fingerprint density at radius 2 is 1.70 bits per heavy atom. The summed E-state index contributed by atoms with van der Waals surface area (Å²) in [4.78, 5) is 56.0. The van der Waals surface area contributed by atoms with Gasteiger partial charge in [-0.1, -0.05) is 30.3 Å². The Kier molecular flexibility index (Phi) is 9.61. The standard InChI is InChI=1S/C17H21N3O7/c21-10-9-18-13(22)7-4-8-14(23)19-15(16(24)25)20-17(26)27-11-12-5-2-1-3-6-12/h1-3,5-6,10,15H,4,7-9,11H2,(H,18,22)(H,19,23)(H,20,26)(H,24,25). The maximum absolute atomic E-state index is 11.8. The number of rotatable bonds is 11. The number of alkyl carbamates (subject to hydrolysis) is 1. The molecule has 0 heterocycles. The van der Waals surface area contributed by atoms with E-state index in [4.69, 9.17) is 9.84 Å². The fourth-order valence-corrected chi connectivity index (χ4v) is 1.93. The average molecular weight is 379 g/mol. The lowest BCUT2D eigenvalue weighted by Crippen LogP contribution is -2.52. The molecule has 0 saturated heterocycles. The highest BCUT2D eigenvalue weighted by Crippen LogP contribution is 2.01. The molecule has 0 aliphatic rings. The zero-order chi connectivity index (χ0) is 20.1. The zero-order valence-electron chi connectivity index (χ0n) is 14.5. The van der Waals surface area contributed by atoms with E-state index >= 15 is 0 Å². The predicted molar refractivity (Wildman–Crippen MR) is 92.3 cm³/mol. The van der Waals surface area contributed by atoms with Crippen molar-refractivity contribution >= 4 is 30.2 Å². The topological polar surface area (TPSA) is 151 Å². The maximum Gasteiger partial charge on any atom is 0.409 e. The average Bonchev–Trinajstić information content (AvgIpc) is 2.65. The molecule has 1 aromatic carbocycles. The van der Waals surface area contributed by atoms with Crippen molar-refractivity contribution in [2.45, 2.75) is 32.0 Å². The third-order valence-electron chi connectivity index (χ3n) is 3.22. The lowest BCUT2D eigenvalue weighted by molar-refractivity contribution is -0.142. The smallest absolute Gasteiger partial charge is 0.409 e. The Hall–Kier alpha value is -3.43. The van der Waals surface area contributed by atoms with Gasteiger partial charge in [0.05, 0.1) is 6.54 Å². The van der Waals surface area contributed by atoms with Crippen molar-refractivity contribution in [3.8, 4) is 0 Å². The van der Waals surface area contributed by atoms with Crippen molar-refractivity contribution in [2.24, 2.45) is 0 Å². The van der Waals surface area contributed by atoms with Gasteiger partial charge in [0.15, 0.2) is 0 Å². The number of carbonyl (C=O) groups is 5. The molecule has 3 amide bonds. The highest BCUT2D eigenvalue weighted by molar-refractivity contribution is 5.86. The quantitative estimate of drug-likeness (QED) is 0.310. The number of hydrogen-bond acceptors (Lipinski definition) is 6. The Bertz CT molecular complexity index is 664. The highest BCUT2D eigenvalue weighted by atomic mass is 16.5. The molecule has 27 heavy (non-hydrogen) atoms. The second-order valence-electron chi connectivity index (χ2n) is 5.37. The van der Waals surface area contributed by atoms with Crippen LogP contribution in [0.1, 0.15) is 24.8 Å². The molecule has 4 N–H and O–H groups in total. The molecular weight excluding hydrogens is 358 g/mol. The van der Waals surface area contributed by atoms with E-state index in [1.807, 2.05) is 5.32 Å². The van der Waals surface area contributed by atoms with Crippen LogP contribution in [0.5, 0.6) is 0 Å². The second kappa shape index (κ2) is 12.0. The van der Waals surface area contributed by atoms with E-state index in [2.05, 4.69) is 10.6 Å². The molecule has 0 aromatic heterocycles. The summed E-state index contributed by atoms with van der Waals surface area (Å²) in [5.74, 6) is -2.52. The van der Waals surface area contributed by atoms with Gasteiger partial charge in [-0.05, 0) is 12.0 Å². The number of hydrogen-bond donors (Lipinski definition) is 4. The van der Waals surface area contributed by atoms with Gasteiger partial charge in [-0.2, -0.15) is 0 Å². The summed E-state index contributed by atoms with van der Waals surface area (Å²) in [6.07, 6.45) is -2.10. The van der Waals surface area contributed by atoms with Gasteiger partial charge in [-0.15, -0.1) is 0 Å². The minimum absolute atomic E-state index is 0.00550. The van der Waals surface area contributed by atoms with Gasteiger partial charge in [0.25, 0.3) is 0 Å². The summed E-state index contributed by atoms with van der Waals surface area (Å²) < 4.78 is 4.89. The fourth-order valence-electron chi connectivity index (χ4n) is 1.93. The predicted octanol–water partition coefficient (Wildman–Crippen LogP) is -0.0749. The lowest BCUT2D eigenvalue weighted by Gasteiger charge is -2.16. The molecule has 146 valence electrons. The highest BCUT2D eigenvalue weighted by Gasteiger charge is 2.22. The van der Waals surface area contributed by atoms with E-state index in [9.17, 15) is 24.0 Å². The fraction of sp³-hybridized carbons (Fsp3) is 0.353. The van der Waals surface area contributed by atoms with Crippen molar-refractivity contribution in [1.29, 1.82) is 0 Å². The molecule has 1 rings (SSSR count). The van der Waals surface area contributed by atoms with Gasteiger partial charge in [0, 0.05) is 12.8 Å². The first-order valence-corrected chi connectivity index (χ1v) is 8.12. The monoisotopic (exact) mass is 379 g/mol. The van der Waals surface area contributed by atoms with Crippen LogP contribution in [0, 0.1) is 0 Å². The number of aldehydes is 1. The van der Waals surface area contributed by atoms with E-state index in [1.54, 1.807) is 30.3 Å². The SMILES string of the molecule is O=CCNC(=O)CCCC(=O)NC(NC(=O)OCc1ccccc1)C(=O)O. The molecule has 0 fully saturated rings. The van der Waals surface area contributed by atoms with Crippen molar-refractivity contribution in [3.05, 3.63) is 35.9 Å². The van der Waals surface area contributed by atoms with Crippen LogP contribution in [0.4, 0.5) is 4.79 Å². The number of carboxylic acid groups (broad SMARTS) is 1. The molecule has 10 heteroatoms. The van der Waals surface area contributed by atoms with Crippen molar-refractivity contribution in [2.75, 3.05) is 6.54 Å². The number of carbonyl (C=O) groups excluding carboxylic acids is 4. The Labute approximate surface area is 155 Å². The van der Waals surface area contributed by atoms with Gasteiger partial charge in [0.2, 0.25) is 18.0 Å². The van der Waals surface area contributed by atoms with Crippen LogP contribution in [-0.2, 0) is 30.5 Å². The van der Waals surface area contributed by atoms with Crippen LogP contribution in [0.15, 0.2) is 30.3 Å². The molecule has 10 nitrogen and oxygen atoms in total. The van der Waals surface area contributed by atoms with Crippen LogP contribution in [0.2, 0.25) is 0 Å². The first-order chi connectivity index (χ1) is 12.9. The molecule has 1 unspecified atom stereocenters. The maximum atomic E-state index is 11.8. The molecule has 1 aromatic rings. The Morgan fingerprint density at radius 3 is 2.33 bits per heavy atom. The van der Waals surface area contributed by atoms with Gasteiger partial charge in [0.1, 0.15) is 12.9 Å². The third kappa shape index (κ3) is 9.58. The molecule has 0 radical (unpaired) electrons. The van der Waals surface area contributed by atoms with E-state index in [0.717, 1.165) is 5.56 Å². The van der Waals surface area contributed by atoms with E-state index in [-0.39, 0.29) is 32.4 Å². The summed E-state index contributed by atoms with van der Waals surface area (Å²) in [6.45, 7) is -0.163. The molecule has 0 aliphatic heterocycles. The Balaban J connectivity index is 2.36. The number of ether oxygens (including phenoxy) is 1. The van der Waals surface area contributed by atoms with Crippen LogP contribution >= 0.6 is 0 Å². The summed E-state index contributed by atoms with van der Waals surface area (Å²) in [7, 11) is 0. The summed E-state index contributed by atoms with van der Waals surface area (Å²) in [6, 6.07) is 8.78. The van der Waals surface area contributed by atoms with Crippen LogP contribution < -0.4 is 16.0 Å². The van der Waals surface area contributed by atoms with Crippen LogP contribution in [0.25, 0.3) is 0 Å². The first-order valence-electron chi connectivity index (χ1n) is 8.12. The summed E-state index contributed by atoms with van der Waals surface area (Å²) in [5.41, 5.74) is 0.719. The molecule has 0 spiro atoms. The second-order valence-corrected chi connectivity index (χ2v) is 5.37. The lowest BCUT2D eigenvalue weighted by atomic mass is 10.2. The largest absolute Gasteiger partial charge is 0.478 e. The number of nitrogens with one attached hydrogen (secondary N) is 3. The number of benzene rings is 1. The number of amides is 3. The molecule has 0 aliphatic carbocycles. The van der Waals surface area contributed by atoms with Crippen LogP contribution in [0.3, 0.4) is 0 Å².